The van der Waals surface area contributed by atoms with Gasteiger partial charge in [0.15, 0.2) is 0 Å². The number of esters is 1. The van der Waals surface area contributed by atoms with Crippen molar-refractivity contribution in [3.63, 3.8) is 0 Å². The number of halogens is 2. The topological polar surface area (TPSA) is 63.7 Å². The van der Waals surface area contributed by atoms with Crippen LogP contribution in [-0.2, 0) is 25.7 Å². The molecule has 1 heterocycles. The zero-order valence-corrected chi connectivity index (χ0v) is 17.4. The van der Waals surface area contributed by atoms with Gasteiger partial charge in [0.25, 0.3) is 0 Å². The van der Waals surface area contributed by atoms with Gasteiger partial charge < -0.3 is 4.74 Å². The Morgan fingerprint density at radius 2 is 1.75 bits per heavy atom. The van der Waals surface area contributed by atoms with E-state index in [-0.39, 0.29) is 36.2 Å². The predicted octanol–water partition coefficient (Wildman–Crippen LogP) is 4.40. The monoisotopic (exact) mass is 423 g/mol. The molecule has 150 valence electrons. The van der Waals surface area contributed by atoms with Gasteiger partial charge in [0.05, 0.1) is 11.8 Å². The number of likely N-dealkylation sites (tertiary alicyclic amines) is 1. The Kier molecular flexibility index (Phi) is 6.46. The third kappa shape index (κ3) is 4.26. The molecule has 0 N–H and O–H groups in total. The van der Waals surface area contributed by atoms with Gasteiger partial charge in [-0.05, 0) is 37.3 Å². The van der Waals surface area contributed by atoms with E-state index in [1.165, 1.54) is 0 Å². The van der Waals surface area contributed by atoms with Crippen LogP contribution in [0.2, 0.25) is 10.0 Å². The van der Waals surface area contributed by atoms with Crippen molar-refractivity contribution in [2.75, 3.05) is 0 Å². The lowest BCUT2D eigenvalue weighted by molar-refractivity contribution is -0.160. The zero-order valence-electron chi connectivity index (χ0n) is 15.9. The SMILES string of the molecule is CC(C)C[C@@H](C(=O)OCc1ccc(Cl)cc1Cl)N1C(=O)[C@H]2CC=CC[C@H]2C1=O. The van der Waals surface area contributed by atoms with E-state index in [2.05, 4.69) is 0 Å². The van der Waals surface area contributed by atoms with Crippen molar-refractivity contribution in [3.8, 4) is 0 Å². The highest BCUT2D eigenvalue weighted by Gasteiger charge is 2.51. The second kappa shape index (κ2) is 8.66. The first-order chi connectivity index (χ1) is 13.3. The minimum atomic E-state index is -0.920. The Balaban J connectivity index is 1.77. The number of imide groups is 1. The summed E-state index contributed by atoms with van der Waals surface area (Å²) in [6.45, 7) is 3.83. The lowest BCUT2D eigenvalue weighted by Crippen LogP contribution is -2.47. The lowest BCUT2D eigenvalue weighted by Gasteiger charge is -2.26. The van der Waals surface area contributed by atoms with Gasteiger partial charge in [-0.1, -0.05) is 55.3 Å². The van der Waals surface area contributed by atoms with Gasteiger partial charge in [-0.3, -0.25) is 14.5 Å². The summed E-state index contributed by atoms with van der Waals surface area (Å²) in [6.07, 6.45) is 5.28. The summed E-state index contributed by atoms with van der Waals surface area (Å²) < 4.78 is 5.45. The Bertz CT molecular complexity index is 795. The first-order valence-electron chi connectivity index (χ1n) is 9.42. The molecule has 28 heavy (non-hydrogen) atoms. The Morgan fingerprint density at radius 3 is 2.29 bits per heavy atom. The fraction of sp³-hybridized carbons (Fsp3) is 0.476. The first kappa shape index (κ1) is 20.9. The van der Waals surface area contributed by atoms with Crippen molar-refractivity contribution in [2.45, 2.75) is 45.8 Å². The molecule has 7 heteroatoms. The minimum Gasteiger partial charge on any atom is -0.459 e. The molecule has 5 nitrogen and oxygen atoms in total. The number of amides is 2. The Labute approximate surface area is 174 Å². The summed E-state index contributed by atoms with van der Waals surface area (Å²) in [7, 11) is 0. The number of carbonyl (C=O) groups is 3. The zero-order chi connectivity index (χ0) is 20.4. The molecule has 3 rings (SSSR count). The average molecular weight is 424 g/mol. The highest BCUT2D eigenvalue weighted by atomic mass is 35.5. The van der Waals surface area contributed by atoms with Crippen LogP contribution in [0.4, 0.5) is 0 Å². The summed E-state index contributed by atoms with van der Waals surface area (Å²) >= 11 is 12.0. The molecule has 1 aliphatic carbocycles. The van der Waals surface area contributed by atoms with Gasteiger partial charge in [0.1, 0.15) is 12.6 Å². The minimum absolute atomic E-state index is 0.0476. The normalized spacial score (nSPS) is 22.5. The molecule has 1 saturated heterocycles. The standard InChI is InChI=1S/C21H23Cl2NO4/c1-12(2)9-18(21(27)28-11-13-7-8-14(22)10-17(13)23)24-19(25)15-5-3-4-6-16(15)20(24)26/h3-4,7-8,10,12,15-16,18H,5-6,9,11H2,1-2H3/t15-,16+,18-/m0/s1. The average Bonchev–Trinajstić information content (AvgIpc) is 2.90. The number of rotatable bonds is 6. The van der Waals surface area contributed by atoms with Gasteiger partial charge >= 0.3 is 5.97 Å². The van der Waals surface area contributed by atoms with Crippen LogP contribution < -0.4 is 0 Å². The van der Waals surface area contributed by atoms with Gasteiger partial charge in [0, 0.05) is 15.6 Å². The van der Waals surface area contributed by atoms with Crippen molar-refractivity contribution in [1.82, 2.24) is 4.90 Å². The molecule has 2 aliphatic rings. The Morgan fingerprint density at radius 1 is 1.14 bits per heavy atom. The van der Waals surface area contributed by atoms with Crippen LogP contribution >= 0.6 is 23.2 Å². The number of benzene rings is 1. The second-order valence-corrected chi connectivity index (χ2v) is 8.53. The van der Waals surface area contributed by atoms with E-state index in [4.69, 9.17) is 27.9 Å². The van der Waals surface area contributed by atoms with Gasteiger partial charge in [-0.15, -0.1) is 0 Å². The van der Waals surface area contributed by atoms with Crippen LogP contribution in [0.15, 0.2) is 30.4 Å². The van der Waals surface area contributed by atoms with E-state index in [9.17, 15) is 14.4 Å². The molecule has 0 unspecified atom stereocenters. The summed E-state index contributed by atoms with van der Waals surface area (Å²) in [6, 6.07) is 4.00. The third-order valence-electron chi connectivity index (χ3n) is 5.21. The molecule has 0 bridgehead atoms. The van der Waals surface area contributed by atoms with Crippen LogP contribution in [0.3, 0.4) is 0 Å². The summed E-state index contributed by atoms with van der Waals surface area (Å²) in [5, 5.41) is 0.883. The number of allylic oxidation sites excluding steroid dienone is 2. The van der Waals surface area contributed by atoms with Crippen LogP contribution in [0.5, 0.6) is 0 Å². The second-order valence-electron chi connectivity index (χ2n) is 7.69. The smallest absolute Gasteiger partial charge is 0.329 e. The molecule has 3 atom stereocenters. The molecule has 0 aromatic heterocycles. The van der Waals surface area contributed by atoms with Gasteiger partial charge in [-0.25, -0.2) is 4.79 Å². The third-order valence-corrected chi connectivity index (χ3v) is 5.79. The maximum atomic E-state index is 12.9. The molecular formula is C21H23Cl2NO4. The van der Waals surface area contributed by atoms with E-state index in [1.807, 2.05) is 26.0 Å². The lowest BCUT2D eigenvalue weighted by atomic mass is 9.85. The van der Waals surface area contributed by atoms with E-state index in [1.54, 1.807) is 18.2 Å². The van der Waals surface area contributed by atoms with Crippen molar-refractivity contribution >= 4 is 41.0 Å². The first-order valence-corrected chi connectivity index (χ1v) is 10.2. The molecule has 1 fully saturated rings. The highest BCUT2D eigenvalue weighted by molar-refractivity contribution is 6.35. The van der Waals surface area contributed by atoms with Crippen LogP contribution in [0.25, 0.3) is 0 Å². The van der Waals surface area contributed by atoms with Crippen molar-refractivity contribution in [3.05, 3.63) is 46.0 Å². The van der Waals surface area contributed by atoms with Crippen molar-refractivity contribution in [2.24, 2.45) is 17.8 Å². The fourth-order valence-electron chi connectivity index (χ4n) is 3.77. The molecule has 0 saturated carbocycles. The van der Waals surface area contributed by atoms with E-state index < -0.39 is 12.0 Å². The van der Waals surface area contributed by atoms with Crippen molar-refractivity contribution in [1.29, 1.82) is 0 Å². The van der Waals surface area contributed by atoms with Gasteiger partial charge in [0.2, 0.25) is 11.8 Å². The molecule has 0 radical (unpaired) electrons. The number of hydrogen-bond donors (Lipinski definition) is 0. The number of nitrogens with zero attached hydrogens (tertiary/aromatic N) is 1. The molecular weight excluding hydrogens is 401 g/mol. The van der Waals surface area contributed by atoms with Crippen molar-refractivity contribution < 1.29 is 19.1 Å². The largest absolute Gasteiger partial charge is 0.459 e. The quantitative estimate of drug-likeness (QED) is 0.386. The predicted molar refractivity (Wildman–Crippen MR) is 107 cm³/mol. The molecule has 2 amide bonds. The fourth-order valence-corrected chi connectivity index (χ4v) is 4.23. The van der Waals surface area contributed by atoms with E-state index in [0.717, 1.165) is 4.90 Å². The number of hydrogen-bond acceptors (Lipinski definition) is 4. The molecule has 1 aromatic rings. The maximum absolute atomic E-state index is 12.9. The summed E-state index contributed by atoms with van der Waals surface area (Å²) in [5.41, 5.74) is 0.611. The number of ether oxygens (including phenoxy) is 1. The van der Waals surface area contributed by atoms with Crippen LogP contribution in [0, 0.1) is 17.8 Å². The van der Waals surface area contributed by atoms with Crippen LogP contribution in [0.1, 0.15) is 38.7 Å². The van der Waals surface area contributed by atoms with E-state index >= 15 is 0 Å². The number of carbonyl (C=O) groups excluding carboxylic acids is 3. The Hall–Kier alpha value is -1.85. The molecule has 0 spiro atoms. The molecule has 1 aromatic carbocycles. The van der Waals surface area contributed by atoms with E-state index in [0.29, 0.717) is 34.9 Å². The molecule has 1 aliphatic heterocycles. The summed E-state index contributed by atoms with van der Waals surface area (Å²) in [5.74, 6) is -1.76. The van der Waals surface area contributed by atoms with Gasteiger partial charge in [-0.2, -0.15) is 0 Å². The van der Waals surface area contributed by atoms with Crippen LogP contribution in [-0.4, -0.2) is 28.7 Å². The summed E-state index contributed by atoms with van der Waals surface area (Å²) in [4.78, 5) is 39.7. The maximum Gasteiger partial charge on any atom is 0.329 e. The highest BCUT2D eigenvalue weighted by Crippen LogP contribution is 2.37. The number of fused-ring (bicyclic) bond motifs is 1.